The first-order valence-electron chi connectivity index (χ1n) is 11.6. The van der Waals surface area contributed by atoms with Gasteiger partial charge in [-0.05, 0) is 61.7 Å². The molecule has 0 bridgehead atoms. The Morgan fingerprint density at radius 3 is 2.74 bits per heavy atom. The second-order valence-electron chi connectivity index (χ2n) is 8.48. The number of rotatable bonds is 10. The molecule has 0 aliphatic carbocycles. The van der Waals surface area contributed by atoms with Crippen LogP contribution in [0.3, 0.4) is 0 Å². The van der Waals surface area contributed by atoms with Gasteiger partial charge in [-0.1, -0.05) is 18.0 Å². The third-order valence-electron chi connectivity index (χ3n) is 6.16. The van der Waals surface area contributed by atoms with E-state index in [1.807, 2.05) is 6.07 Å². The molecule has 1 aliphatic heterocycles. The molecule has 2 heterocycles. The van der Waals surface area contributed by atoms with Gasteiger partial charge in [-0.15, -0.1) is 0 Å². The standard InChI is InChI=1S/C25H28ClFN4O4/c1-34-24-15-19-22(13-17(24)5-3-2-4-8-30-9-11-35-12-10-30)28-16-23(31(32)33)25(19)29-18-6-7-20(26)21(27)14-18/h6-7,13-16H,2-5,8-12H2,1H3,(H,28,29). The van der Waals surface area contributed by atoms with Crippen LogP contribution in [0.5, 0.6) is 5.75 Å². The van der Waals surface area contributed by atoms with Gasteiger partial charge in [0.2, 0.25) is 0 Å². The third-order valence-corrected chi connectivity index (χ3v) is 6.47. The van der Waals surface area contributed by atoms with Gasteiger partial charge < -0.3 is 14.8 Å². The monoisotopic (exact) mass is 502 g/mol. The van der Waals surface area contributed by atoms with E-state index in [9.17, 15) is 14.5 Å². The minimum Gasteiger partial charge on any atom is -0.496 e. The molecule has 0 amide bonds. The summed E-state index contributed by atoms with van der Waals surface area (Å²) in [6.07, 6.45) is 5.23. The minimum atomic E-state index is -0.619. The molecular formula is C25H28ClFN4O4. The molecule has 0 unspecified atom stereocenters. The van der Waals surface area contributed by atoms with Crippen molar-refractivity contribution < 1.29 is 18.8 Å². The topological polar surface area (TPSA) is 89.8 Å². The molecule has 10 heteroatoms. The number of fused-ring (bicyclic) bond motifs is 1. The maximum absolute atomic E-state index is 14.0. The molecule has 35 heavy (non-hydrogen) atoms. The lowest BCUT2D eigenvalue weighted by molar-refractivity contribution is -0.384. The smallest absolute Gasteiger partial charge is 0.311 e. The molecule has 1 N–H and O–H groups in total. The van der Waals surface area contributed by atoms with Crippen molar-refractivity contribution in [3.05, 3.63) is 63.0 Å². The number of benzene rings is 2. The first-order chi connectivity index (χ1) is 17.0. The number of ether oxygens (including phenoxy) is 2. The van der Waals surface area contributed by atoms with Gasteiger partial charge in [-0.3, -0.25) is 15.0 Å². The van der Waals surface area contributed by atoms with Crippen molar-refractivity contribution in [1.29, 1.82) is 0 Å². The molecule has 3 aromatic rings. The molecular weight excluding hydrogens is 475 g/mol. The van der Waals surface area contributed by atoms with Crippen LogP contribution in [0, 0.1) is 15.9 Å². The molecule has 0 radical (unpaired) electrons. The number of methoxy groups -OCH3 is 1. The van der Waals surface area contributed by atoms with Gasteiger partial charge in [0.15, 0.2) is 0 Å². The normalized spacial score (nSPS) is 14.3. The number of morpholine rings is 1. The number of hydrogen-bond donors (Lipinski definition) is 1. The maximum atomic E-state index is 14.0. The number of hydrogen-bond acceptors (Lipinski definition) is 7. The van der Waals surface area contributed by atoms with Crippen molar-refractivity contribution in [2.45, 2.75) is 25.7 Å². The van der Waals surface area contributed by atoms with Crippen LogP contribution in [0.4, 0.5) is 21.5 Å². The highest BCUT2D eigenvalue weighted by atomic mass is 35.5. The molecule has 0 spiro atoms. The molecule has 186 valence electrons. The number of pyridine rings is 1. The lowest BCUT2D eigenvalue weighted by Gasteiger charge is -2.26. The SMILES string of the molecule is COc1cc2c(Nc3ccc(Cl)c(F)c3)c([N+](=O)[O-])cnc2cc1CCCCCN1CCOCC1. The van der Waals surface area contributed by atoms with Crippen molar-refractivity contribution in [1.82, 2.24) is 9.88 Å². The fourth-order valence-corrected chi connectivity index (χ4v) is 4.40. The van der Waals surface area contributed by atoms with E-state index in [2.05, 4.69) is 15.2 Å². The molecule has 8 nitrogen and oxygen atoms in total. The van der Waals surface area contributed by atoms with Crippen LogP contribution in [0.15, 0.2) is 36.5 Å². The summed E-state index contributed by atoms with van der Waals surface area (Å²) < 4.78 is 25.0. The van der Waals surface area contributed by atoms with Crippen molar-refractivity contribution in [2.75, 3.05) is 45.3 Å². The Balaban J connectivity index is 1.54. The van der Waals surface area contributed by atoms with Crippen LogP contribution < -0.4 is 10.1 Å². The van der Waals surface area contributed by atoms with E-state index in [0.717, 1.165) is 64.1 Å². The van der Waals surface area contributed by atoms with Crippen molar-refractivity contribution >= 4 is 39.6 Å². The Labute approximate surface area is 208 Å². The first kappa shape index (κ1) is 25.1. The van der Waals surface area contributed by atoms with Gasteiger partial charge >= 0.3 is 5.69 Å². The van der Waals surface area contributed by atoms with Crippen LogP contribution >= 0.6 is 11.6 Å². The number of nitro groups is 1. The van der Waals surface area contributed by atoms with Crippen molar-refractivity contribution in [3.8, 4) is 5.75 Å². The highest BCUT2D eigenvalue weighted by molar-refractivity contribution is 6.30. The van der Waals surface area contributed by atoms with E-state index in [1.54, 1.807) is 19.2 Å². The van der Waals surface area contributed by atoms with Gasteiger partial charge in [0.05, 0.1) is 35.8 Å². The first-order valence-corrected chi connectivity index (χ1v) is 12.0. The lowest BCUT2D eigenvalue weighted by Crippen LogP contribution is -2.36. The molecule has 2 aromatic carbocycles. The molecule has 1 saturated heterocycles. The predicted octanol–water partition coefficient (Wildman–Crippen LogP) is 5.73. The Kier molecular flexibility index (Phi) is 8.33. The number of unbranched alkanes of at least 4 members (excludes halogenated alkanes) is 2. The second kappa shape index (κ2) is 11.6. The van der Waals surface area contributed by atoms with Crippen molar-refractivity contribution in [2.24, 2.45) is 0 Å². The highest BCUT2D eigenvalue weighted by Crippen LogP contribution is 2.38. The maximum Gasteiger partial charge on any atom is 0.311 e. The number of nitrogens with zero attached hydrogens (tertiary/aromatic N) is 3. The van der Waals surface area contributed by atoms with Crippen LogP contribution in [0.25, 0.3) is 10.9 Å². The lowest BCUT2D eigenvalue weighted by atomic mass is 10.0. The zero-order chi connectivity index (χ0) is 24.8. The minimum absolute atomic E-state index is 0.0270. The van der Waals surface area contributed by atoms with Crippen LogP contribution in [-0.4, -0.2) is 54.8 Å². The summed E-state index contributed by atoms with van der Waals surface area (Å²) >= 11 is 5.77. The van der Waals surface area contributed by atoms with E-state index in [1.165, 1.54) is 18.3 Å². The van der Waals surface area contributed by atoms with Crippen LogP contribution in [-0.2, 0) is 11.2 Å². The van der Waals surface area contributed by atoms with E-state index in [4.69, 9.17) is 21.1 Å². The van der Waals surface area contributed by atoms with Gasteiger partial charge in [-0.25, -0.2) is 9.37 Å². The van der Waals surface area contributed by atoms with Gasteiger partial charge in [0.25, 0.3) is 0 Å². The zero-order valence-electron chi connectivity index (χ0n) is 19.6. The average molecular weight is 503 g/mol. The summed E-state index contributed by atoms with van der Waals surface area (Å²) in [6.45, 7) is 4.68. The number of nitrogens with one attached hydrogen (secondary N) is 1. The van der Waals surface area contributed by atoms with E-state index in [0.29, 0.717) is 22.3 Å². The number of anilines is 2. The fraction of sp³-hybridized carbons (Fsp3) is 0.400. The summed E-state index contributed by atoms with van der Waals surface area (Å²) in [4.78, 5) is 17.9. The van der Waals surface area contributed by atoms with Gasteiger partial charge in [-0.2, -0.15) is 0 Å². The average Bonchev–Trinajstić information content (AvgIpc) is 2.86. The highest BCUT2D eigenvalue weighted by Gasteiger charge is 2.21. The summed E-state index contributed by atoms with van der Waals surface area (Å²) in [7, 11) is 1.58. The van der Waals surface area contributed by atoms with E-state index in [-0.39, 0.29) is 16.4 Å². The molecule has 0 atom stereocenters. The fourth-order valence-electron chi connectivity index (χ4n) is 4.28. The molecule has 1 fully saturated rings. The van der Waals surface area contributed by atoms with E-state index >= 15 is 0 Å². The second-order valence-corrected chi connectivity index (χ2v) is 8.88. The summed E-state index contributed by atoms with van der Waals surface area (Å²) in [5.41, 5.74) is 1.93. The van der Waals surface area contributed by atoms with E-state index < -0.39 is 10.7 Å². The number of aryl methyl sites for hydroxylation is 1. The predicted molar refractivity (Wildman–Crippen MR) is 134 cm³/mol. The summed E-state index contributed by atoms with van der Waals surface area (Å²) in [5, 5.41) is 15.2. The van der Waals surface area contributed by atoms with Crippen LogP contribution in [0.1, 0.15) is 24.8 Å². The van der Waals surface area contributed by atoms with Crippen LogP contribution in [0.2, 0.25) is 5.02 Å². The molecule has 1 aliphatic rings. The summed E-state index contributed by atoms with van der Waals surface area (Å²) in [6, 6.07) is 7.82. The third kappa shape index (κ3) is 6.17. The molecule has 0 saturated carbocycles. The Bertz CT molecular complexity index is 1200. The Morgan fingerprint density at radius 1 is 1.23 bits per heavy atom. The largest absolute Gasteiger partial charge is 0.496 e. The number of aromatic nitrogens is 1. The van der Waals surface area contributed by atoms with Crippen molar-refractivity contribution in [3.63, 3.8) is 0 Å². The Morgan fingerprint density at radius 2 is 2.03 bits per heavy atom. The summed E-state index contributed by atoms with van der Waals surface area (Å²) in [5.74, 6) is 0.0180. The Hall–Kier alpha value is -3.01. The molecule has 4 rings (SSSR count). The number of halogens is 2. The molecule has 1 aromatic heterocycles. The van der Waals surface area contributed by atoms with Gasteiger partial charge in [0, 0.05) is 24.2 Å². The zero-order valence-corrected chi connectivity index (χ0v) is 20.3. The van der Waals surface area contributed by atoms with Gasteiger partial charge in [0.1, 0.15) is 23.5 Å². The quantitative estimate of drug-likeness (QED) is 0.215.